The van der Waals surface area contributed by atoms with Gasteiger partial charge in [-0.15, -0.1) is 0 Å². The summed E-state index contributed by atoms with van der Waals surface area (Å²) < 4.78 is 2.18. The Morgan fingerprint density at radius 3 is 2.71 bits per heavy atom. The van der Waals surface area contributed by atoms with Crippen molar-refractivity contribution in [3.63, 3.8) is 0 Å². The van der Waals surface area contributed by atoms with Crippen molar-refractivity contribution in [2.75, 3.05) is 13.6 Å². The van der Waals surface area contributed by atoms with E-state index in [1.807, 2.05) is 0 Å². The van der Waals surface area contributed by atoms with Gasteiger partial charge in [-0.3, -0.25) is 0 Å². The lowest BCUT2D eigenvalue weighted by atomic mass is 9.84. The summed E-state index contributed by atoms with van der Waals surface area (Å²) in [4.78, 5) is 6.25. The van der Waals surface area contributed by atoms with E-state index >= 15 is 0 Å². The standard InChI is InChI=1S/C28H27N3/c1-18-8-10-26-23(14-18)25-17-30(2)16-24(28(25)29-26)22-7-5-4-6-21(22)19-9-11-27-20(15-19)12-13-31(27)3/h4-15,24,29H,16-17H2,1-3H3. The van der Waals surface area contributed by atoms with Crippen LogP contribution in [0.2, 0.25) is 0 Å². The lowest BCUT2D eigenvalue weighted by Gasteiger charge is -2.31. The van der Waals surface area contributed by atoms with Gasteiger partial charge in [0.25, 0.3) is 0 Å². The second kappa shape index (κ2) is 6.86. The van der Waals surface area contributed by atoms with Gasteiger partial charge in [0.2, 0.25) is 0 Å². The minimum Gasteiger partial charge on any atom is -0.358 e. The fourth-order valence-electron chi connectivity index (χ4n) is 5.35. The molecule has 0 amide bonds. The van der Waals surface area contributed by atoms with Crippen molar-refractivity contribution in [3.05, 3.63) is 95.3 Å². The summed E-state index contributed by atoms with van der Waals surface area (Å²) in [5, 5.41) is 2.66. The molecule has 3 heterocycles. The molecule has 1 unspecified atom stereocenters. The number of H-pyrrole nitrogens is 1. The van der Waals surface area contributed by atoms with E-state index in [4.69, 9.17) is 0 Å². The Bertz CT molecular complexity index is 1440. The van der Waals surface area contributed by atoms with Crippen LogP contribution >= 0.6 is 0 Å². The Morgan fingerprint density at radius 1 is 0.935 bits per heavy atom. The molecule has 5 aromatic rings. The Kier molecular flexibility index (Phi) is 4.09. The number of aromatic amines is 1. The third-order valence-corrected chi connectivity index (χ3v) is 6.90. The smallest absolute Gasteiger partial charge is 0.0478 e. The molecule has 1 atom stereocenters. The van der Waals surface area contributed by atoms with E-state index in [-0.39, 0.29) is 0 Å². The van der Waals surface area contributed by atoms with Crippen molar-refractivity contribution in [2.24, 2.45) is 7.05 Å². The van der Waals surface area contributed by atoms with Crippen molar-refractivity contribution in [3.8, 4) is 11.1 Å². The van der Waals surface area contributed by atoms with Crippen LogP contribution in [-0.2, 0) is 13.6 Å². The number of aromatic nitrogens is 2. The third-order valence-electron chi connectivity index (χ3n) is 6.90. The van der Waals surface area contributed by atoms with Gasteiger partial charge in [0.1, 0.15) is 0 Å². The van der Waals surface area contributed by atoms with Gasteiger partial charge in [-0.1, -0.05) is 42.0 Å². The number of likely N-dealkylation sites (N-methyl/N-ethyl adjacent to an activating group) is 1. The fourth-order valence-corrected chi connectivity index (χ4v) is 5.35. The number of aryl methyl sites for hydroxylation is 2. The fraction of sp³-hybridized carbons (Fsp3) is 0.214. The number of hydrogen-bond acceptors (Lipinski definition) is 1. The molecule has 2 aromatic heterocycles. The van der Waals surface area contributed by atoms with Crippen molar-refractivity contribution in [2.45, 2.75) is 19.4 Å². The molecule has 3 heteroatoms. The second-order valence-electron chi connectivity index (χ2n) is 9.10. The zero-order chi connectivity index (χ0) is 21.1. The molecule has 0 radical (unpaired) electrons. The second-order valence-corrected chi connectivity index (χ2v) is 9.10. The number of fused-ring (bicyclic) bond motifs is 4. The molecule has 3 nitrogen and oxygen atoms in total. The molecule has 3 aromatic carbocycles. The van der Waals surface area contributed by atoms with Gasteiger partial charge in [0.05, 0.1) is 0 Å². The molecule has 0 bridgehead atoms. The van der Waals surface area contributed by atoms with Gasteiger partial charge in [-0.2, -0.15) is 0 Å². The maximum atomic E-state index is 3.79. The van der Waals surface area contributed by atoms with Gasteiger partial charge in [0, 0.05) is 59.8 Å². The molecule has 6 rings (SSSR count). The van der Waals surface area contributed by atoms with Crippen molar-refractivity contribution >= 4 is 21.8 Å². The average Bonchev–Trinajstić information content (AvgIpc) is 3.33. The van der Waals surface area contributed by atoms with E-state index in [1.165, 1.54) is 55.3 Å². The molecule has 1 aliphatic rings. The zero-order valence-electron chi connectivity index (χ0n) is 18.3. The highest BCUT2D eigenvalue weighted by Crippen LogP contribution is 2.41. The molecule has 0 saturated heterocycles. The average molecular weight is 406 g/mol. The van der Waals surface area contributed by atoms with Crippen LogP contribution in [0.5, 0.6) is 0 Å². The van der Waals surface area contributed by atoms with Crippen LogP contribution in [0.1, 0.15) is 28.3 Å². The van der Waals surface area contributed by atoms with E-state index in [0.29, 0.717) is 5.92 Å². The van der Waals surface area contributed by atoms with Gasteiger partial charge in [0.15, 0.2) is 0 Å². The quantitative estimate of drug-likeness (QED) is 0.371. The Labute approximate surface area is 182 Å². The maximum absolute atomic E-state index is 3.79. The van der Waals surface area contributed by atoms with E-state index in [1.54, 1.807) is 0 Å². The van der Waals surface area contributed by atoms with E-state index < -0.39 is 0 Å². The summed E-state index contributed by atoms with van der Waals surface area (Å²) in [6.45, 7) is 4.19. The third kappa shape index (κ3) is 2.92. The van der Waals surface area contributed by atoms with Crippen LogP contribution in [0.3, 0.4) is 0 Å². The first-order chi connectivity index (χ1) is 15.1. The highest BCUT2D eigenvalue weighted by molar-refractivity contribution is 5.88. The van der Waals surface area contributed by atoms with Crippen molar-refractivity contribution < 1.29 is 0 Å². The van der Waals surface area contributed by atoms with E-state index in [0.717, 1.165) is 13.1 Å². The normalized spacial score (nSPS) is 16.8. The molecule has 0 fully saturated rings. The molecule has 1 aliphatic heterocycles. The minimum absolute atomic E-state index is 0.323. The van der Waals surface area contributed by atoms with Gasteiger partial charge in [-0.25, -0.2) is 0 Å². The first-order valence-electron chi connectivity index (χ1n) is 11.0. The molecular formula is C28H27N3. The van der Waals surface area contributed by atoms with Crippen LogP contribution in [0.15, 0.2) is 72.9 Å². The van der Waals surface area contributed by atoms with Crippen LogP contribution in [-0.4, -0.2) is 28.0 Å². The first-order valence-corrected chi connectivity index (χ1v) is 11.0. The van der Waals surface area contributed by atoms with Gasteiger partial charge < -0.3 is 14.5 Å². The Balaban J connectivity index is 1.54. The SMILES string of the molecule is Cc1ccc2[nH]c3c(c2c1)CN(C)CC3c1ccccc1-c1ccc2c(ccn2C)c1. The molecule has 31 heavy (non-hydrogen) atoms. The Morgan fingerprint density at radius 2 is 1.81 bits per heavy atom. The number of nitrogens with zero attached hydrogens (tertiary/aromatic N) is 2. The van der Waals surface area contributed by atoms with Crippen LogP contribution < -0.4 is 0 Å². The van der Waals surface area contributed by atoms with Crippen molar-refractivity contribution in [1.29, 1.82) is 0 Å². The summed E-state index contributed by atoms with van der Waals surface area (Å²) in [5.41, 5.74) is 10.7. The summed E-state index contributed by atoms with van der Waals surface area (Å²) in [5.74, 6) is 0.323. The number of benzene rings is 3. The van der Waals surface area contributed by atoms with Crippen LogP contribution in [0, 0.1) is 6.92 Å². The summed E-state index contributed by atoms with van der Waals surface area (Å²) >= 11 is 0. The molecular weight excluding hydrogens is 378 g/mol. The number of nitrogens with one attached hydrogen (secondary N) is 1. The largest absolute Gasteiger partial charge is 0.358 e. The molecule has 0 aliphatic carbocycles. The minimum atomic E-state index is 0.323. The highest BCUT2D eigenvalue weighted by atomic mass is 15.1. The number of hydrogen-bond donors (Lipinski definition) is 1. The predicted octanol–water partition coefficient (Wildman–Crippen LogP) is 6.21. The lowest BCUT2D eigenvalue weighted by molar-refractivity contribution is 0.295. The van der Waals surface area contributed by atoms with Crippen LogP contribution in [0.4, 0.5) is 0 Å². The Hall–Kier alpha value is -3.30. The lowest BCUT2D eigenvalue weighted by Crippen LogP contribution is -2.31. The first kappa shape index (κ1) is 18.5. The molecule has 154 valence electrons. The predicted molar refractivity (Wildman–Crippen MR) is 130 cm³/mol. The summed E-state index contributed by atoms with van der Waals surface area (Å²) in [6.07, 6.45) is 2.13. The summed E-state index contributed by atoms with van der Waals surface area (Å²) in [7, 11) is 4.34. The van der Waals surface area contributed by atoms with E-state index in [9.17, 15) is 0 Å². The zero-order valence-corrected chi connectivity index (χ0v) is 18.3. The summed E-state index contributed by atoms with van der Waals surface area (Å²) in [6, 6.07) is 24.7. The van der Waals surface area contributed by atoms with Crippen LogP contribution in [0.25, 0.3) is 32.9 Å². The molecule has 0 spiro atoms. The van der Waals surface area contributed by atoms with Gasteiger partial charge >= 0.3 is 0 Å². The number of rotatable bonds is 2. The topological polar surface area (TPSA) is 24.0 Å². The molecule has 1 N–H and O–H groups in total. The van der Waals surface area contributed by atoms with Gasteiger partial charge in [-0.05, 0) is 66.6 Å². The molecule has 0 saturated carbocycles. The monoisotopic (exact) mass is 405 g/mol. The highest BCUT2D eigenvalue weighted by Gasteiger charge is 2.29. The van der Waals surface area contributed by atoms with Crippen molar-refractivity contribution in [1.82, 2.24) is 14.5 Å². The maximum Gasteiger partial charge on any atom is 0.0478 e. The van der Waals surface area contributed by atoms with E-state index in [2.05, 4.69) is 108 Å².